The summed E-state index contributed by atoms with van der Waals surface area (Å²) < 4.78 is 37.1. The van der Waals surface area contributed by atoms with Crippen molar-refractivity contribution in [3.63, 3.8) is 0 Å². The second-order valence-electron chi connectivity index (χ2n) is 9.47. The lowest BCUT2D eigenvalue weighted by Gasteiger charge is -2.23. The highest BCUT2D eigenvalue weighted by molar-refractivity contribution is 5.88. The number of nitrogens with zero attached hydrogens (tertiary/aromatic N) is 4. The first-order valence-electron chi connectivity index (χ1n) is 12.6. The fraction of sp³-hybridized carbons (Fsp3) is 0.370. The molecule has 198 valence electrons. The first kappa shape index (κ1) is 24.2. The minimum absolute atomic E-state index is 0.0882. The first-order valence-corrected chi connectivity index (χ1v) is 12.6. The maximum Gasteiger partial charge on any atom is 0.417 e. The summed E-state index contributed by atoms with van der Waals surface area (Å²) >= 11 is 0. The van der Waals surface area contributed by atoms with Crippen molar-refractivity contribution >= 4 is 22.8 Å². The molecule has 11 heteroatoms. The summed E-state index contributed by atoms with van der Waals surface area (Å²) in [7, 11) is 1.53. The number of halogens is 1. The summed E-state index contributed by atoms with van der Waals surface area (Å²) in [6.45, 7) is 2.02. The van der Waals surface area contributed by atoms with Crippen LogP contribution >= 0.6 is 0 Å². The summed E-state index contributed by atoms with van der Waals surface area (Å²) in [5.74, 6) is 0.886. The smallest absolute Gasteiger partial charge is 0.417 e. The van der Waals surface area contributed by atoms with E-state index in [1.807, 2.05) is 17.1 Å². The number of amides is 1. The van der Waals surface area contributed by atoms with Gasteiger partial charge in [-0.3, -0.25) is 4.98 Å². The van der Waals surface area contributed by atoms with Gasteiger partial charge in [0.05, 0.1) is 25.4 Å². The van der Waals surface area contributed by atoms with E-state index in [2.05, 4.69) is 21.4 Å². The zero-order chi connectivity index (χ0) is 26.1. The lowest BCUT2D eigenvalue weighted by atomic mass is 10.0. The van der Waals surface area contributed by atoms with Crippen LogP contribution in [0.1, 0.15) is 19.3 Å². The van der Waals surface area contributed by atoms with Crippen LogP contribution < -0.4 is 15.0 Å². The van der Waals surface area contributed by atoms with E-state index in [4.69, 9.17) is 18.9 Å². The van der Waals surface area contributed by atoms with E-state index in [0.717, 1.165) is 24.8 Å². The van der Waals surface area contributed by atoms with Crippen LogP contribution in [-0.4, -0.2) is 66.4 Å². The summed E-state index contributed by atoms with van der Waals surface area (Å²) in [4.78, 5) is 24.6. The Balaban J connectivity index is 1.06. The number of hydrogen-bond acceptors (Lipinski definition) is 9. The first-order chi connectivity index (χ1) is 18.6. The molecule has 0 spiro atoms. The molecule has 1 aliphatic carbocycles. The van der Waals surface area contributed by atoms with E-state index in [-0.39, 0.29) is 12.1 Å². The van der Waals surface area contributed by atoms with Gasteiger partial charge in [-0.05, 0) is 30.9 Å². The van der Waals surface area contributed by atoms with Gasteiger partial charge in [0.1, 0.15) is 23.6 Å². The molecule has 2 saturated heterocycles. The van der Waals surface area contributed by atoms with Crippen molar-refractivity contribution in [1.29, 1.82) is 0 Å². The average molecular weight is 522 g/mol. The van der Waals surface area contributed by atoms with Gasteiger partial charge < -0.3 is 29.2 Å². The van der Waals surface area contributed by atoms with Gasteiger partial charge in [0.15, 0.2) is 17.8 Å². The number of nitrogens with one attached hydrogen (secondary N) is 1. The summed E-state index contributed by atoms with van der Waals surface area (Å²) in [6.07, 6.45) is 12.0. The highest BCUT2D eigenvalue weighted by Crippen LogP contribution is 2.32. The van der Waals surface area contributed by atoms with Crippen molar-refractivity contribution in [2.24, 2.45) is 0 Å². The molecule has 2 aromatic rings. The number of carbonyl (C=O) groups is 1. The number of ether oxygens (including phenoxy) is 4. The summed E-state index contributed by atoms with van der Waals surface area (Å²) in [5, 5.41) is 3.47. The predicted octanol–water partition coefficient (Wildman–Crippen LogP) is 3.73. The molecule has 2 fully saturated rings. The van der Waals surface area contributed by atoms with Crippen molar-refractivity contribution in [2.75, 3.05) is 38.2 Å². The Hall–Kier alpha value is -4.12. The van der Waals surface area contributed by atoms with Gasteiger partial charge in [0.25, 0.3) is 0 Å². The molecule has 0 unspecified atom stereocenters. The third kappa shape index (κ3) is 4.76. The number of fused-ring (bicyclic) bond motifs is 1. The molecular weight excluding hydrogens is 493 g/mol. The number of allylic oxidation sites excluding steroid dienone is 4. The highest BCUT2D eigenvalue weighted by atomic mass is 19.1. The predicted molar refractivity (Wildman–Crippen MR) is 136 cm³/mol. The van der Waals surface area contributed by atoms with E-state index in [0.29, 0.717) is 60.4 Å². The largest absolute Gasteiger partial charge is 0.481 e. The van der Waals surface area contributed by atoms with Crippen molar-refractivity contribution in [2.45, 2.75) is 31.4 Å². The SMILES string of the molecule is COc1ccc2ncc(F)c(N3CC[C@H](NC[C@@H]4CN(C5=COC=C(C6=CC=CCC6)O5)C(=O)O4)C3)c2n1. The number of cyclic esters (lactones) is 1. The van der Waals surface area contributed by atoms with Gasteiger partial charge in [-0.25, -0.2) is 19.1 Å². The fourth-order valence-electron chi connectivity index (χ4n) is 5.05. The van der Waals surface area contributed by atoms with Crippen molar-refractivity contribution in [1.82, 2.24) is 20.2 Å². The molecule has 0 bridgehead atoms. The fourth-order valence-corrected chi connectivity index (χ4v) is 5.05. The zero-order valence-electron chi connectivity index (χ0n) is 20.9. The minimum Gasteiger partial charge on any atom is -0.481 e. The third-order valence-electron chi connectivity index (χ3n) is 6.99. The Kier molecular flexibility index (Phi) is 6.59. The van der Waals surface area contributed by atoms with Crippen LogP contribution in [0, 0.1) is 5.82 Å². The van der Waals surface area contributed by atoms with Crippen LogP contribution in [0.25, 0.3) is 11.0 Å². The monoisotopic (exact) mass is 521 g/mol. The molecule has 0 saturated carbocycles. The molecule has 2 atom stereocenters. The molecule has 1 amide bonds. The number of carbonyl (C=O) groups excluding carboxylic acids is 1. The topological polar surface area (TPSA) is 98.3 Å². The quantitative estimate of drug-likeness (QED) is 0.584. The Bertz CT molecular complexity index is 1370. The van der Waals surface area contributed by atoms with Crippen LogP contribution in [0.3, 0.4) is 0 Å². The van der Waals surface area contributed by atoms with E-state index >= 15 is 0 Å². The molecule has 4 aliphatic rings. The maximum atomic E-state index is 14.9. The van der Waals surface area contributed by atoms with Crippen molar-refractivity contribution in [3.05, 3.63) is 72.1 Å². The molecule has 5 heterocycles. The molecule has 0 radical (unpaired) electrons. The highest BCUT2D eigenvalue weighted by Gasteiger charge is 2.37. The molecule has 0 aromatic carbocycles. The van der Waals surface area contributed by atoms with Gasteiger partial charge in [0.2, 0.25) is 11.8 Å². The summed E-state index contributed by atoms with van der Waals surface area (Å²) in [5.41, 5.74) is 2.52. The van der Waals surface area contributed by atoms with E-state index < -0.39 is 11.9 Å². The zero-order valence-corrected chi connectivity index (χ0v) is 20.9. The Morgan fingerprint density at radius 2 is 2.18 bits per heavy atom. The number of rotatable bonds is 7. The molecular formula is C27H28FN5O5. The minimum atomic E-state index is -0.483. The molecule has 38 heavy (non-hydrogen) atoms. The second-order valence-corrected chi connectivity index (χ2v) is 9.47. The Morgan fingerprint density at radius 1 is 1.26 bits per heavy atom. The van der Waals surface area contributed by atoms with Gasteiger partial charge in [-0.2, -0.15) is 0 Å². The number of aromatic nitrogens is 2. The lowest BCUT2D eigenvalue weighted by molar-refractivity contribution is 0.118. The van der Waals surface area contributed by atoms with Crippen LogP contribution in [0.15, 0.2) is 66.3 Å². The lowest BCUT2D eigenvalue weighted by Crippen LogP contribution is -2.39. The van der Waals surface area contributed by atoms with Crippen LogP contribution in [0.4, 0.5) is 14.9 Å². The molecule has 6 rings (SSSR count). The van der Waals surface area contributed by atoms with Crippen molar-refractivity contribution < 1.29 is 28.1 Å². The van der Waals surface area contributed by atoms with Crippen LogP contribution in [0.2, 0.25) is 0 Å². The number of pyridine rings is 2. The van der Waals surface area contributed by atoms with E-state index in [9.17, 15) is 9.18 Å². The number of anilines is 1. The third-order valence-corrected chi connectivity index (χ3v) is 6.99. The second kappa shape index (κ2) is 10.3. The van der Waals surface area contributed by atoms with E-state index in [1.54, 1.807) is 18.4 Å². The van der Waals surface area contributed by atoms with Crippen molar-refractivity contribution in [3.8, 4) is 5.88 Å². The van der Waals surface area contributed by atoms with Gasteiger partial charge in [-0.1, -0.05) is 18.2 Å². The molecule has 10 nitrogen and oxygen atoms in total. The standard InChI is InChI=1S/C27H28FN5O5/c1-35-23-8-7-21-25(31-23)26(20(28)12-30-21)32-10-9-18(13-32)29-11-19-14-33(27(34)37-19)24-16-36-15-22(38-24)17-5-3-2-4-6-17/h2-3,5,7-8,12,15-16,18-19,29H,4,6,9-11,13-14H2,1H3/t18-,19+/m0/s1. The van der Waals surface area contributed by atoms with Crippen LogP contribution in [-0.2, 0) is 14.2 Å². The Labute approximate surface area is 219 Å². The Morgan fingerprint density at radius 3 is 3.03 bits per heavy atom. The normalized spacial score (nSPS) is 23.0. The number of hydrogen-bond donors (Lipinski definition) is 1. The molecule has 1 N–H and O–H groups in total. The molecule has 2 aromatic heterocycles. The maximum absolute atomic E-state index is 14.9. The summed E-state index contributed by atoms with van der Waals surface area (Å²) in [6, 6.07) is 3.57. The van der Waals surface area contributed by atoms with Crippen LogP contribution in [0.5, 0.6) is 5.88 Å². The van der Waals surface area contributed by atoms with E-state index in [1.165, 1.54) is 24.5 Å². The average Bonchev–Trinajstić information content (AvgIpc) is 3.58. The number of methoxy groups -OCH3 is 1. The van der Waals surface area contributed by atoms with Gasteiger partial charge in [-0.15, -0.1) is 0 Å². The van der Waals surface area contributed by atoms with Gasteiger partial charge >= 0.3 is 6.09 Å². The molecule has 3 aliphatic heterocycles. The van der Waals surface area contributed by atoms with Gasteiger partial charge in [0, 0.05) is 31.7 Å².